The van der Waals surface area contributed by atoms with E-state index in [1.165, 1.54) is 0 Å². The molecule has 0 aliphatic carbocycles. The van der Waals surface area contributed by atoms with Gasteiger partial charge in [-0.25, -0.2) is 0 Å². The van der Waals surface area contributed by atoms with Crippen molar-refractivity contribution in [2.75, 3.05) is 32.7 Å². The van der Waals surface area contributed by atoms with E-state index in [1.54, 1.807) is 0 Å². The molecule has 1 heterocycles. The lowest BCUT2D eigenvalue weighted by atomic mass is 10.2. The number of rotatable bonds is 4. The molecule has 82 valence electrons. The van der Waals surface area contributed by atoms with Gasteiger partial charge in [0.05, 0.1) is 6.54 Å². The van der Waals surface area contributed by atoms with Gasteiger partial charge in [0.15, 0.2) is 0 Å². The second-order valence-electron chi connectivity index (χ2n) is 3.87. The molecular weight excluding hydrogens is 178 g/mol. The summed E-state index contributed by atoms with van der Waals surface area (Å²) in [6.45, 7) is 8.50. The number of hydrogen-bond acceptors (Lipinski definition) is 3. The van der Waals surface area contributed by atoms with Gasteiger partial charge >= 0.3 is 0 Å². The summed E-state index contributed by atoms with van der Waals surface area (Å²) in [6.07, 6.45) is 1.00. The lowest BCUT2D eigenvalue weighted by molar-refractivity contribution is -0.122. The van der Waals surface area contributed by atoms with Gasteiger partial charge < -0.3 is 10.6 Å². The fourth-order valence-electron chi connectivity index (χ4n) is 1.62. The predicted octanol–water partition coefficient (Wildman–Crippen LogP) is -0.194. The highest BCUT2D eigenvalue weighted by atomic mass is 16.2. The molecule has 4 heteroatoms. The highest BCUT2D eigenvalue weighted by Gasteiger charge is 2.19. The summed E-state index contributed by atoms with van der Waals surface area (Å²) in [4.78, 5) is 13.7. The van der Waals surface area contributed by atoms with Crippen molar-refractivity contribution in [3.8, 4) is 0 Å². The topological polar surface area (TPSA) is 44.4 Å². The van der Waals surface area contributed by atoms with E-state index in [4.69, 9.17) is 0 Å². The molecule has 0 aromatic rings. The van der Waals surface area contributed by atoms with Crippen LogP contribution in [0.3, 0.4) is 0 Å². The first-order chi connectivity index (χ1) is 6.74. The molecule has 2 N–H and O–H groups in total. The van der Waals surface area contributed by atoms with Crippen LogP contribution in [0.4, 0.5) is 0 Å². The second kappa shape index (κ2) is 5.98. The van der Waals surface area contributed by atoms with Gasteiger partial charge in [-0.2, -0.15) is 0 Å². The molecule has 0 aromatic carbocycles. The van der Waals surface area contributed by atoms with Crippen LogP contribution in [0.5, 0.6) is 0 Å². The zero-order valence-corrected chi connectivity index (χ0v) is 9.18. The molecule has 1 unspecified atom stereocenters. The Bertz CT molecular complexity index is 184. The highest BCUT2D eigenvalue weighted by molar-refractivity contribution is 5.78. The number of nitrogens with one attached hydrogen (secondary N) is 2. The van der Waals surface area contributed by atoms with Crippen molar-refractivity contribution < 1.29 is 4.79 Å². The van der Waals surface area contributed by atoms with Gasteiger partial charge in [-0.05, 0) is 13.3 Å². The van der Waals surface area contributed by atoms with Crippen LogP contribution in [-0.4, -0.2) is 49.6 Å². The fraction of sp³-hybridized carbons (Fsp3) is 0.900. The van der Waals surface area contributed by atoms with Crippen LogP contribution >= 0.6 is 0 Å². The molecule has 0 bridgehead atoms. The van der Waals surface area contributed by atoms with Gasteiger partial charge in [-0.15, -0.1) is 0 Å². The van der Waals surface area contributed by atoms with Crippen LogP contribution in [0.1, 0.15) is 20.3 Å². The first-order valence-electron chi connectivity index (χ1n) is 5.45. The van der Waals surface area contributed by atoms with Gasteiger partial charge in [-0.3, -0.25) is 9.69 Å². The molecule has 1 amide bonds. The van der Waals surface area contributed by atoms with E-state index in [9.17, 15) is 4.79 Å². The van der Waals surface area contributed by atoms with Crippen molar-refractivity contribution in [1.82, 2.24) is 15.5 Å². The first kappa shape index (κ1) is 11.5. The number of amides is 1. The summed E-state index contributed by atoms with van der Waals surface area (Å²) >= 11 is 0. The number of carbonyl (C=O) groups is 1. The molecular formula is C10H21N3O. The van der Waals surface area contributed by atoms with Gasteiger partial charge in [-0.1, -0.05) is 6.92 Å². The first-order valence-corrected chi connectivity index (χ1v) is 5.45. The van der Waals surface area contributed by atoms with Gasteiger partial charge in [0.25, 0.3) is 0 Å². The Morgan fingerprint density at radius 1 is 1.64 bits per heavy atom. The Labute approximate surface area is 86.0 Å². The lowest BCUT2D eigenvalue weighted by Gasteiger charge is -2.33. The van der Waals surface area contributed by atoms with Crippen molar-refractivity contribution in [2.45, 2.75) is 26.3 Å². The Morgan fingerprint density at radius 2 is 2.43 bits per heavy atom. The molecule has 1 rings (SSSR count). The van der Waals surface area contributed by atoms with Crippen LogP contribution in [0.25, 0.3) is 0 Å². The Hall–Kier alpha value is -0.610. The predicted molar refractivity (Wildman–Crippen MR) is 57.2 cm³/mol. The molecule has 0 saturated carbocycles. The summed E-state index contributed by atoms with van der Waals surface area (Å²) < 4.78 is 0. The normalized spacial score (nSPS) is 23.4. The fourth-order valence-corrected chi connectivity index (χ4v) is 1.62. The Kier molecular flexibility index (Phi) is 4.90. The van der Waals surface area contributed by atoms with Crippen molar-refractivity contribution in [2.24, 2.45) is 0 Å². The van der Waals surface area contributed by atoms with Crippen LogP contribution in [0.2, 0.25) is 0 Å². The van der Waals surface area contributed by atoms with E-state index < -0.39 is 0 Å². The minimum atomic E-state index is 0.153. The molecule has 1 atom stereocenters. The molecule has 14 heavy (non-hydrogen) atoms. The van der Waals surface area contributed by atoms with Gasteiger partial charge in [0.2, 0.25) is 5.91 Å². The maximum atomic E-state index is 11.4. The minimum Gasteiger partial charge on any atom is -0.355 e. The van der Waals surface area contributed by atoms with Crippen LogP contribution < -0.4 is 10.6 Å². The Balaban J connectivity index is 2.23. The van der Waals surface area contributed by atoms with Gasteiger partial charge in [0, 0.05) is 32.2 Å². The number of nitrogens with zero attached hydrogens (tertiary/aromatic N) is 1. The molecule has 1 aliphatic heterocycles. The van der Waals surface area contributed by atoms with Crippen molar-refractivity contribution in [1.29, 1.82) is 0 Å². The summed E-state index contributed by atoms with van der Waals surface area (Å²) in [5.74, 6) is 0.153. The van der Waals surface area contributed by atoms with E-state index in [2.05, 4.69) is 29.4 Å². The van der Waals surface area contributed by atoms with Crippen LogP contribution in [0, 0.1) is 0 Å². The summed E-state index contributed by atoms with van der Waals surface area (Å²) in [7, 11) is 0. The summed E-state index contributed by atoms with van der Waals surface area (Å²) in [6, 6.07) is 0.469. The molecule has 0 radical (unpaired) electrons. The monoisotopic (exact) mass is 199 g/mol. The third kappa shape index (κ3) is 3.64. The SMILES string of the molecule is CCCNC(=O)CN1CCNCC1C. The summed E-state index contributed by atoms with van der Waals surface area (Å²) in [5.41, 5.74) is 0. The minimum absolute atomic E-state index is 0.153. The van der Waals surface area contributed by atoms with E-state index in [0.29, 0.717) is 12.6 Å². The molecule has 1 saturated heterocycles. The van der Waals surface area contributed by atoms with Crippen molar-refractivity contribution >= 4 is 5.91 Å². The Morgan fingerprint density at radius 3 is 3.07 bits per heavy atom. The lowest BCUT2D eigenvalue weighted by Crippen LogP contribution is -2.52. The largest absolute Gasteiger partial charge is 0.355 e. The molecule has 0 spiro atoms. The zero-order valence-electron chi connectivity index (χ0n) is 9.18. The average Bonchev–Trinajstić information content (AvgIpc) is 2.18. The molecule has 1 aliphatic rings. The van der Waals surface area contributed by atoms with Crippen molar-refractivity contribution in [3.05, 3.63) is 0 Å². The summed E-state index contributed by atoms with van der Waals surface area (Å²) in [5, 5.41) is 6.21. The van der Waals surface area contributed by atoms with E-state index in [0.717, 1.165) is 32.6 Å². The van der Waals surface area contributed by atoms with Gasteiger partial charge in [0.1, 0.15) is 0 Å². The standard InChI is InChI=1S/C10H21N3O/c1-3-4-12-10(14)8-13-6-5-11-7-9(13)2/h9,11H,3-8H2,1-2H3,(H,12,14). The number of hydrogen-bond donors (Lipinski definition) is 2. The second-order valence-corrected chi connectivity index (χ2v) is 3.87. The van der Waals surface area contributed by atoms with Crippen LogP contribution in [0.15, 0.2) is 0 Å². The molecule has 4 nitrogen and oxygen atoms in total. The zero-order chi connectivity index (χ0) is 10.4. The quantitative estimate of drug-likeness (QED) is 0.659. The third-order valence-corrected chi connectivity index (χ3v) is 2.56. The van der Waals surface area contributed by atoms with E-state index in [-0.39, 0.29) is 5.91 Å². The molecule has 0 aromatic heterocycles. The number of piperazine rings is 1. The van der Waals surface area contributed by atoms with E-state index >= 15 is 0 Å². The average molecular weight is 199 g/mol. The van der Waals surface area contributed by atoms with Crippen molar-refractivity contribution in [3.63, 3.8) is 0 Å². The van der Waals surface area contributed by atoms with Crippen LogP contribution in [-0.2, 0) is 4.79 Å². The maximum absolute atomic E-state index is 11.4. The maximum Gasteiger partial charge on any atom is 0.234 e. The third-order valence-electron chi connectivity index (χ3n) is 2.56. The number of carbonyl (C=O) groups excluding carboxylic acids is 1. The highest BCUT2D eigenvalue weighted by Crippen LogP contribution is 2.00. The van der Waals surface area contributed by atoms with E-state index in [1.807, 2.05) is 0 Å². The smallest absolute Gasteiger partial charge is 0.234 e. The molecule has 1 fully saturated rings.